The minimum absolute atomic E-state index is 0.0369. The summed E-state index contributed by atoms with van der Waals surface area (Å²) < 4.78 is 10.9. The molecule has 0 aliphatic carbocycles. The maximum Gasteiger partial charge on any atom is 0.469 e. The lowest BCUT2D eigenvalue weighted by atomic mass is 10.4. The quantitative estimate of drug-likeness (QED) is 0.382. The van der Waals surface area contributed by atoms with Crippen LogP contribution in [0, 0.1) is 0 Å². The Bertz CT molecular complexity index is 436. The summed E-state index contributed by atoms with van der Waals surface area (Å²) in [6, 6.07) is 2.57. The molecule has 0 spiro atoms. The standard InChI is InChI=1S/C6H8N2O6P2/c9-15(10,11)6(16(12,13)14)8-5-1-3-7-4-2-5/h1-4,9-11H,(H-,12,13,14)/p+1. The van der Waals surface area contributed by atoms with Crippen molar-refractivity contribution in [2.24, 2.45) is 4.99 Å². The van der Waals surface area contributed by atoms with E-state index in [4.69, 9.17) is 24.5 Å². The van der Waals surface area contributed by atoms with Crippen LogP contribution in [0.25, 0.3) is 0 Å². The summed E-state index contributed by atoms with van der Waals surface area (Å²) in [5.41, 5.74) is 0.0369. The van der Waals surface area contributed by atoms with E-state index in [-0.39, 0.29) is 5.69 Å². The lowest BCUT2D eigenvalue weighted by Crippen LogP contribution is -2.05. The molecule has 8 nitrogen and oxygen atoms in total. The molecule has 0 atom stereocenters. The van der Waals surface area contributed by atoms with Crippen molar-refractivity contribution in [3.05, 3.63) is 24.5 Å². The van der Waals surface area contributed by atoms with Crippen molar-refractivity contribution in [3.8, 4) is 0 Å². The monoisotopic (exact) mass is 267 g/mol. The second kappa shape index (κ2) is 4.65. The maximum absolute atomic E-state index is 10.9. The molecular weight excluding hydrogens is 258 g/mol. The fraction of sp³-hybridized carbons (Fsp3) is 0. The van der Waals surface area contributed by atoms with Crippen molar-refractivity contribution in [3.63, 3.8) is 0 Å². The zero-order valence-corrected chi connectivity index (χ0v) is 9.53. The molecule has 5 N–H and O–H groups in total. The molecular formula is C6H9N2O6P2+. The first-order valence-electron chi connectivity index (χ1n) is 3.84. The van der Waals surface area contributed by atoms with E-state index >= 15 is 0 Å². The third kappa shape index (κ3) is 3.70. The molecule has 1 rings (SSSR count). The molecule has 0 aliphatic heterocycles. The van der Waals surface area contributed by atoms with Crippen LogP contribution >= 0.6 is 15.5 Å². The van der Waals surface area contributed by atoms with Gasteiger partial charge in [0.25, 0.3) is 0 Å². The highest BCUT2D eigenvalue weighted by Gasteiger charge is 2.51. The molecule has 0 saturated carbocycles. The van der Waals surface area contributed by atoms with Crippen molar-refractivity contribution < 1.29 is 29.0 Å². The Labute approximate surface area is 90.7 Å². The van der Waals surface area contributed by atoms with Gasteiger partial charge in [0.2, 0.25) is 0 Å². The molecule has 0 fully saturated rings. The van der Waals surface area contributed by atoms with Crippen LogP contribution in [0.2, 0.25) is 0 Å². The lowest BCUT2D eigenvalue weighted by molar-refractivity contribution is 0.349. The van der Waals surface area contributed by atoms with Crippen LogP contribution in [0.15, 0.2) is 29.5 Å². The van der Waals surface area contributed by atoms with Crippen molar-refractivity contribution in [1.29, 1.82) is 0 Å². The van der Waals surface area contributed by atoms with Gasteiger partial charge >= 0.3 is 20.7 Å². The van der Waals surface area contributed by atoms with E-state index in [9.17, 15) is 4.57 Å². The normalized spacial score (nSPS) is 13.9. The van der Waals surface area contributed by atoms with Gasteiger partial charge in [-0.3, -0.25) is 4.98 Å². The molecule has 10 heteroatoms. The molecule has 0 radical (unpaired) electrons. The van der Waals surface area contributed by atoms with Gasteiger partial charge in [-0.25, -0.2) is 4.57 Å². The van der Waals surface area contributed by atoms with E-state index in [2.05, 4.69) is 9.98 Å². The van der Waals surface area contributed by atoms with E-state index in [1.807, 2.05) is 0 Å². The minimum atomic E-state index is -5.03. The molecule has 1 heterocycles. The van der Waals surface area contributed by atoms with E-state index in [0.717, 1.165) is 0 Å². The minimum Gasteiger partial charge on any atom is -0.317 e. The van der Waals surface area contributed by atoms with Crippen molar-refractivity contribution in [2.75, 3.05) is 0 Å². The largest absolute Gasteiger partial charge is 0.469 e. The number of nitrogens with zero attached hydrogens (tertiary/aromatic N) is 2. The van der Waals surface area contributed by atoms with Crippen molar-refractivity contribution in [1.82, 2.24) is 4.98 Å². The van der Waals surface area contributed by atoms with Gasteiger partial charge in [0.05, 0.1) is 5.69 Å². The molecule has 0 aromatic carbocycles. The fourth-order valence-corrected chi connectivity index (χ4v) is 2.73. The average Bonchev–Trinajstić information content (AvgIpc) is 2.12. The van der Waals surface area contributed by atoms with Crippen LogP contribution in [-0.4, -0.2) is 34.6 Å². The van der Waals surface area contributed by atoms with Crippen molar-refractivity contribution in [2.45, 2.75) is 0 Å². The van der Waals surface area contributed by atoms with Crippen molar-refractivity contribution >= 4 is 26.4 Å². The first kappa shape index (κ1) is 13.3. The van der Waals surface area contributed by atoms with Gasteiger partial charge < -0.3 is 9.79 Å². The van der Waals surface area contributed by atoms with E-state index < -0.39 is 20.7 Å². The zero-order chi connectivity index (χ0) is 12.4. The third-order valence-corrected chi connectivity index (χ3v) is 4.27. The van der Waals surface area contributed by atoms with Crippen LogP contribution in [0.3, 0.4) is 0 Å². The predicted octanol–water partition coefficient (Wildman–Crippen LogP) is -0.0137. The molecule has 88 valence electrons. The van der Waals surface area contributed by atoms with Gasteiger partial charge in [0, 0.05) is 12.4 Å². The van der Waals surface area contributed by atoms with E-state index in [1.54, 1.807) is 0 Å². The number of aliphatic imine (C=N–C) groups is 1. The first-order chi connectivity index (χ1) is 7.21. The first-order valence-corrected chi connectivity index (χ1v) is 7.10. The second-order valence-electron chi connectivity index (χ2n) is 2.73. The smallest absolute Gasteiger partial charge is 0.317 e. The third-order valence-electron chi connectivity index (χ3n) is 1.42. The Morgan fingerprint density at radius 2 is 1.75 bits per heavy atom. The number of aromatic nitrogens is 1. The second-order valence-corrected chi connectivity index (χ2v) is 6.15. The van der Waals surface area contributed by atoms with Gasteiger partial charge in [-0.05, 0) is 12.1 Å². The summed E-state index contributed by atoms with van der Waals surface area (Å²) in [4.78, 5) is 51.1. The SMILES string of the molecule is O=P(O)(O)C(=Nc1ccncc1)[P+](O)(O)O. The Morgan fingerprint density at radius 1 is 1.25 bits per heavy atom. The summed E-state index contributed by atoms with van der Waals surface area (Å²) in [6.45, 7) is 0. The predicted molar refractivity (Wildman–Crippen MR) is 57.0 cm³/mol. The number of hydrogen-bond donors (Lipinski definition) is 5. The van der Waals surface area contributed by atoms with Crippen LogP contribution < -0.4 is 0 Å². The van der Waals surface area contributed by atoms with Crippen LogP contribution in [0.5, 0.6) is 0 Å². The van der Waals surface area contributed by atoms with Gasteiger partial charge in [-0.1, -0.05) is 0 Å². The van der Waals surface area contributed by atoms with E-state index in [0.29, 0.717) is 0 Å². The molecule has 0 amide bonds. The molecule has 16 heavy (non-hydrogen) atoms. The fourth-order valence-electron chi connectivity index (χ4n) is 0.841. The number of hydrogen-bond acceptors (Lipinski definition) is 6. The highest BCUT2D eigenvalue weighted by Crippen LogP contribution is 2.60. The number of rotatable bonds is 3. The maximum atomic E-state index is 10.9. The van der Waals surface area contributed by atoms with E-state index in [1.165, 1.54) is 24.5 Å². The molecule has 1 aromatic rings. The molecule has 1 aromatic heterocycles. The summed E-state index contributed by atoms with van der Waals surface area (Å²) in [5.74, 6) is 0. The van der Waals surface area contributed by atoms with Crippen LogP contribution in [0.1, 0.15) is 0 Å². The Balaban J connectivity index is 3.24. The molecule has 0 aliphatic rings. The molecule has 0 unspecified atom stereocenters. The zero-order valence-electron chi connectivity index (χ0n) is 7.74. The van der Waals surface area contributed by atoms with Gasteiger partial charge in [-0.15, -0.1) is 0 Å². The van der Waals surface area contributed by atoms with Gasteiger partial charge in [0.1, 0.15) is 0 Å². The van der Waals surface area contributed by atoms with Gasteiger partial charge in [-0.2, -0.15) is 19.7 Å². The Kier molecular flexibility index (Phi) is 3.88. The molecule has 0 saturated heterocycles. The summed E-state index contributed by atoms with van der Waals surface area (Å²) in [5, 5.41) is -1.34. The average molecular weight is 267 g/mol. The number of pyridine rings is 1. The molecule has 0 bridgehead atoms. The summed E-state index contributed by atoms with van der Waals surface area (Å²) in [6.07, 6.45) is 2.59. The van der Waals surface area contributed by atoms with Crippen LogP contribution in [0.4, 0.5) is 5.69 Å². The Hall–Kier alpha value is -0.720. The van der Waals surface area contributed by atoms with Gasteiger partial charge in [0.15, 0.2) is 0 Å². The highest BCUT2D eigenvalue weighted by atomic mass is 31.3. The summed E-state index contributed by atoms with van der Waals surface area (Å²) >= 11 is 0. The Morgan fingerprint density at radius 3 is 2.12 bits per heavy atom. The highest BCUT2D eigenvalue weighted by molar-refractivity contribution is 8.00. The summed E-state index contributed by atoms with van der Waals surface area (Å²) in [7, 11) is -9.88. The lowest BCUT2D eigenvalue weighted by Gasteiger charge is -2.07. The van der Waals surface area contributed by atoms with Crippen LogP contribution in [-0.2, 0) is 4.57 Å². The topological polar surface area (TPSA) is 143 Å².